The van der Waals surface area contributed by atoms with Crippen LogP contribution in [0.1, 0.15) is 62.5 Å². The van der Waals surface area contributed by atoms with Gasteiger partial charge in [0.25, 0.3) is 5.91 Å². The highest BCUT2D eigenvalue weighted by Gasteiger charge is 2.22. The van der Waals surface area contributed by atoms with E-state index in [0.717, 1.165) is 37.8 Å². The zero-order chi connectivity index (χ0) is 17.7. The Morgan fingerprint density at radius 1 is 1.33 bits per heavy atom. The van der Waals surface area contributed by atoms with Gasteiger partial charge in [-0.3, -0.25) is 4.79 Å². The summed E-state index contributed by atoms with van der Waals surface area (Å²) in [5, 5.41) is 3.40. The first kappa shape index (κ1) is 18.6. The minimum Gasteiger partial charge on any atom is -0.381 e. The van der Waals surface area contributed by atoms with Crippen molar-refractivity contribution in [3.05, 3.63) is 17.5 Å². The molecule has 6 heteroatoms. The van der Waals surface area contributed by atoms with E-state index in [1.165, 1.54) is 0 Å². The van der Waals surface area contributed by atoms with E-state index in [1.807, 2.05) is 0 Å². The zero-order valence-corrected chi connectivity index (χ0v) is 15.2. The third-order valence-corrected chi connectivity index (χ3v) is 5.13. The summed E-state index contributed by atoms with van der Waals surface area (Å²) in [6.07, 6.45) is 6.82. The summed E-state index contributed by atoms with van der Waals surface area (Å²) in [4.78, 5) is 20.5. The number of nitrogens with two attached hydrogens (primary N) is 1. The number of primary amides is 1. The normalized spacial score (nSPS) is 22.4. The summed E-state index contributed by atoms with van der Waals surface area (Å²) < 4.78 is 5.41. The second-order valence-corrected chi connectivity index (χ2v) is 7.20. The minimum absolute atomic E-state index is 0.353. The topological polar surface area (TPSA) is 90.1 Å². The molecule has 1 aromatic heterocycles. The lowest BCUT2D eigenvalue weighted by Crippen LogP contribution is -2.30. The van der Waals surface area contributed by atoms with Crippen LogP contribution >= 0.6 is 0 Å². The van der Waals surface area contributed by atoms with Crippen LogP contribution in [0.25, 0.3) is 0 Å². The Morgan fingerprint density at radius 2 is 2.00 bits per heavy atom. The molecule has 0 saturated heterocycles. The van der Waals surface area contributed by atoms with Gasteiger partial charge in [0.2, 0.25) is 5.95 Å². The molecule has 1 aliphatic carbocycles. The fourth-order valence-corrected chi connectivity index (χ4v) is 3.01. The fraction of sp³-hybridized carbons (Fsp3) is 0.722. The molecule has 0 bridgehead atoms. The minimum atomic E-state index is -0.465. The van der Waals surface area contributed by atoms with Crippen molar-refractivity contribution in [2.24, 2.45) is 17.6 Å². The Morgan fingerprint density at radius 3 is 2.54 bits per heavy atom. The van der Waals surface area contributed by atoms with E-state index in [2.05, 4.69) is 36.1 Å². The zero-order valence-electron chi connectivity index (χ0n) is 15.2. The van der Waals surface area contributed by atoms with Gasteiger partial charge in [-0.05, 0) is 43.9 Å². The summed E-state index contributed by atoms with van der Waals surface area (Å²) >= 11 is 0. The molecule has 134 valence electrons. The summed E-state index contributed by atoms with van der Waals surface area (Å²) in [5.74, 6) is 1.06. The molecule has 0 unspecified atom stereocenters. The third kappa shape index (κ3) is 4.90. The molecule has 0 spiro atoms. The van der Waals surface area contributed by atoms with Gasteiger partial charge in [-0.15, -0.1) is 0 Å². The predicted molar refractivity (Wildman–Crippen MR) is 94.9 cm³/mol. The van der Waals surface area contributed by atoms with Crippen LogP contribution in [-0.4, -0.2) is 35.1 Å². The summed E-state index contributed by atoms with van der Waals surface area (Å²) in [7, 11) is 1.77. The van der Waals surface area contributed by atoms with Crippen LogP contribution < -0.4 is 11.1 Å². The third-order valence-electron chi connectivity index (χ3n) is 5.13. The van der Waals surface area contributed by atoms with Gasteiger partial charge in [0.1, 0.15) is 0 Å². The number of hydrogen-bond acceptors (Lipinski definition) is 5. The molecule has 1 fully saturated rings. The molecule has 0 radical (unpaired) electrons. The molecule has 1 atom stereocenters. The molecule has 1 amide bonds. The number of carbonyl (C=O) groups excluding carboxylic acids is 1. The van der Waals surface area contributed by atoms with Crippen LogP contribution in [0.5, 0.6) is 0 Å². The van der Waals surface area contributed by atoms with E-state index in [-0.39, 0.29) is 0 Å². The first-order valence-electron chi connectivity index (χ1n) is 8.85. The van der Waals surface area contributed by atoms with Gasteiger partial charge < -0.3 is 15.8 Å². The van der Waals surface area contributed by atoms with Gasteiger partial charge in [-0.2, -0.15) is 0 Å². The number of nitrogens with zero attached hydrogens (tertiary/aromatic N) is 2. The molecule has 6 nitrogen and oxygen atoms in total. The van der Waals surface area contributed by atoms with E-state index in [1.54, 1.807) is 13.3 Å². The molecular formula is C18H30N4O2. The van der Waals surface area contributed by atoms with Gasteiger partial charge in [-0.1, -0.05) is 20.8 Å². The maximum Gasteiger partial charge on any atom is 0.252 e. The second kappa shape index (κ2) is 8.42. The van der Waals surface area contributed by atoms with Gasteiger partial charge in [0, 0.05) is 19.3 Å². The lowest BCUT2D eigenvalue weighted by Gasteiger charge is -2.28. The van der Waals surface area contributed by atoms with Crippen molar-refractivity contribution < 1.29 is 9.53 Å². The smallest absolute Gasteiger partial charge is 0.252 e. The maximum absolute atomic E-state index is 11.7. The van der Waals surface area contributed by atoms with E-state index < -0.39 is 5.91 Å². The number of nitrogens with one attached hydrogen (secondary N) is 1. The van der Waals surface area contributed by atoms with Crippen LogP contribution in [0.3, 0.4) is 0 Å². The number of anilines is 1. The first-order chi connectivity index (χ1) is 11.4. The Kier molecular flexibility index (Phi) is 6.54. The fourth-order valence-electron chi connectivity index (χ4n) is 3.01. The number of methoxy groups -OCH3 is 1. The SMILES string of the molecule is COC1CCC(Nc2ncc(C(N)=O)c(C[C@H](C)C(C)C)n2)CC1. The van der Waals surface area contributed by atoms with Crippen molar-refractivity contribution in [3.8, 4) is 0 Å². The molecule has 1 aliphatic rings. The van der Waals surface area contributed by atoms with E-state index in [0.29, 0.717) is 35.5 Å². The molecule has 3 N–H and O–H groups in total. The largest absolute Gasteiger partial charge is 0.381 e. The quantitative estimate of drug-likeness (QED) is 0.800. The van der Waals surface area contributed by atoms with Crippen LogP contribution in [0.2, 0.25) is 0 Å². The monoisotopic (exact) mass is 334 g/mol. The lowest BCUT2D eigenvalue weighted by atomic mass is 9.92. The van der Waals surface area contributed by atoms with Gasteiger partial charge in [0.05, 0.1) is 17.4 Å². The molecule has 0 aromatic carbocycles. The van der Waals surface area contributed by atoms with Crippen molar-refractivity contribution in [3.63, 3.8) is 0 Å². The molecule has 24 heavy (non-hydrogen) atoms. The highest BCUT2D eigenvalue weighted by Crippen LogP contribution is 2.24. The number of rotatable bonds is 7. The van der Waals surface area contributed by atoms with Crippen LogP contribution in [0.4, 0.5) is 5.95 Å². The average molecular weight is 334 g/mol. The molecule has 1 saturated carbocycles. The van der Waals surface area contributed by atoms with E-state index in [9.17, 15) is 4.79 Å². The summed E-state index contributed by atoms with van der Waals surface area (Å²) in [6, 6.07) is 0.353. The van der Waals surface area contributed by atoms with Crippen molar-refractivity contribution in [2.45, 2.75) is 65.0 Å². The number of aromatic nitrogens is 2. The summed E-state index contributed by atoms with van der Waals surface area (Å²) in [6.45, 7) is 6.50. The number of ether oxygens (including phenoxy) is 1. The van der Waals surface area contributed by atoms with Crippen molar-refractivity contribution in [1.82, 2.24) is 9.97 Å². The Hall–Kier alpha value is -1.69. The van der Waals surface area contributed by atoms with Gasteiger partial charge in [-0.25, -0.2) is 9.97 Å². The lowest BCUT2D eigenvalue weighted by molar-refractivity contribution is 0.0681. The standard InChI is InChI=1S/C18H30N4O2/c1-11(2)12(3)9-16-15(17(19)23)10-20-18(22-16)21-13-5-7-14(24-4)8-6-13/h10-14H,5-9H2,1-4H3,(H2,19,23)(H,20,21,22)/t12-,13?,14?/m0/s1. The number of hydrogen-bond donors (Lipinski definition) is 2. The van der Waals surface area contributed by atoms with E-state index in [4.69, 9.17) is 10.5 Å². The van der Waals surface area contributed by atoms with Crippen molar-refractivity contribution >= 4 is 11.9 Å². The van der Waals surface area contributed by atoms with E-state index >= 15 is 0 Å². The predicted octanol–water partition coefficient (Wildman–Crippen LogP) is 2.78. The van der Waals surface area contributed by atoms with Gasteiger partial charge >= 0.3 is 0 Å². The Bertz CT molecular complexity index is 554. The summed E-state index contributed by atoms with van der Waals surface area (Å²) in [5.41, 5.74) is 6.65. The van der Waals surface area contributed by atoms with Crippen LogP contribution in [-0.2, 0) is 11.2 Å². The number of amides is 1. The molecule has 0 aliphatic heterocycles. The second-order valence-electron chi connectivity index (χ2n) is 7.20. The highest BCUT2D eigenvalue weighted by molar-refractivity contribution is 5.93. The van der Waals surface area contributed by atoms with Crippen LogP contribution in [0.15, 0.2) is 6.20 Å². The Labute approximate surface area is 144 Å². The maximum atomic E-state index is 11.7. The van der Waals surface area contributed by atoms with Crippen molar-refractivity contribution in [2.75, 3.05) is 12.4 Å². The molecular weight excluding hydrogens is 304 g/mol. The molecule has 1 heterocycles. The molecule has 2 rings (SSSR count). The average Bonchev–Trinajstić information content (AvgIpc) is 2.55. The van der Waals surface area contributed by atoms with Crippen molar-refractivity contribution in [1.29, 1.82) is 0 Å². The van der Waals surface area contributed by atoms with Gasteiger partial charge in [0.15, 0.2) is 0 Å². The number of carbonyl (C=O) groups is 1. The highest BCUT2D eigenvalue weighted by atomic mass is 16.5. The van der Waals surface area contributed by atoms with Crippen LogP contribution in [0, 0.1) is 11.8 Å². The first-order valence-corrected chi connectivity index (χ1v) is 8.85. The Balaban J connectivity index is 2.09. The molecule has 1 aromatic rings.